The Morgan fingerprint density at radius 1 is 1.29 bits per heavy atom. The van der Waals surface area contributed by atoms with Gasteiger partial charge in [0, 0.05) is 5.69 Å². The number of esters is 1. The number of carbonyl (C=O) groups excluding carboxylic acids is 1. The van der Waals surface area contributed by atoms with Crippen LogP contribution in [-0.2, 0) is 14.8 Å². The number of benzene rings is 1. The lowest BCUT2D eigenvalue weighted by Gasteiger charge is -2.09. The second kappa shape index (κ2) is 5.82. The van der Waals surface area contributed by atoms with Gasteiger partial charge < -0.3 is 4.74 Å². The number of rotatable bonds is 4. The van der Waals surface area contributed by atoms with E-state index in [1.807, 2.05) is 19.9 Å². The summed E-state index contributed by atoms with van der Waals surface area (Å²) in [5, 5.41) is 0. The van der Waals surface area contributed by atoms with Crippen molar-refractivity contribution in [1.82, 2.24) is 4.98 Å². The first-order valence-corrected chi connectivity index (χ1v) is 8.33. The number of thiazole rings is 1. The van der Waals surface area contributed by atoms with Crippen LogP contribution in [0.25, 0.3) is 0 Å². The van der Waals surface area contributed by atoms with E-state index in [4.69, 9.17) is 0 Å². The van der Waals surface area contributed by atoms with Crippen molar-refractivity contribution in [3.8, 4) is 0 Å². The molecule has 2 rings (SSSR count). The molecule has 0 unspecified atom stereocenters. The van der Waals surface area contributed by atoms with Crippen LogP contribution in [0.1, 0.15) is 21.6 Å². The number of methoxy groups -OCH3 is 1. The summed E-state index contributed by atoms with van der Waals surface area (Å²) >= 11 is 0.864. The molecule has 0 bridgehead atoms. The molecule has 0 atom stereocenters. The van der Waals surface area contributed by atoms with Gasteiger partial charge in [-0.3, -0.25) is 4.72 Å². The molecule has 0 aliphatic rings. The van der Waals surface area contributed by atoms with Crippen molar-refractivity contribution in [2.24, 2.45) is 0 Å². The molecule has 0 aliphatic carbocycles. The standard InChI is InChI=1S/C13H14N2O4S2/c1-8-4-5-10(6-9(8)2)15-21(17,18)13-11(12(16)19-3)14-7-20-13/h4-7,15H,1-3H3. The van der Waals surface area contributed by atoms with Gasteiger partial charge in [0.25, 0.3) is 10.0 Å². The van der Waals surface area contributed by atoms with Gasteiger partial charge in [0.2, 0.25) is 0 Å². The molecule has 6 nitrogen and oxygen atoms in total. The fourth-order valence-corrected chi connectivity index (χ4v) is 3.85. The zero-order valence-electron chi connectivity index (χ0n) is 11.7. The van der Waals surface area contributed by atoms with E-state index in [0.717, 1.165) is 22.5 Å². The Morgan fingerprint density at radius 3 is 2.62 bits per heavy atom. The van der Waals surface area contributed by atoms with E-state index in [0.29, 0.717) is 5.69 Å². The van der Waals surface area contributed by atoms with E-state index in [2.05, 4.69) is 14.4 Å². The number of aryl methyl sites for hydroxylation is 2. The lowest BCUT2D eigenvalue weighted by Crippen LogP contribution is -2.16. The summed E-state index contributed by atoms with van der Waals surface area (Å²) in [5.74, 6) is -0.781. The quantitative estimate of drug-likeness (QED) is 0.872. The Balaban J connectivity index is 2.37. The Bertz CT molecular complexity index is 781. The first-order valence-electron chi connectivity index (χ1n) is 5.97. The summed E-state index contributed by atoms with van der Waals surface area (Å²) in [6, 6.07) is 5.21. The van der Waals surface area contributed by atoms with Crippen molar-refractivity contribution in [3.63, 3.8) is 0 Å². The van der Waals surface area contributed by atoms with Gasteiger partial charge in [-0.15, -0.1) is 11.3 Å². The molecule has 8 heteroatoms. The highest BCUT2D eigenvalue weighted by atomic mass is 32.2. The van der Waals surface area contributed by atoms with Gasteiger partial charge in [-0.25, -0.2) is 18.2 Å². The third-order valence-electron chi connectivity index (χ3n) is 2.92. The fourth-order valence-electron chi connectivity index (χ4n) is 1.67. The summed E-state index contributed by atoms with van der Waals surface area (Å²) in [6.45, 7) is 3.83. The summed E-state index contributed by atoms with van der Waals surface area (Å²) in [4.78, 5) is 15.3. The van der Waals surface area contributed by atoms with Crippen molar-refractivity contribution in [2.45, 2.75) is 18.1 Å². The molecular formula is C13H14N2O4S2. The first-order chi connectivity index (χ1) is 9.85. The minimum absolute atomic E-state index is 0.160. The molecular weight excluding hydrogens is 312 g/mol. The number of hydrogen-bond donors (Lipinski definition) is 1. The Hall–Kier alpha value is -1.93. The molecule has 1 aromatic carbocycles. The van der Waals surface area contributed by atoms with E-state index >= 15 is 0 Å². The lowest BCUT2D eigenvalue weighted by atomic mass is 10.1. The molecule has 0 aliphatic heterocycles. The van der Waals surface area contributed by atoms with E-state index in [-0.39, 0.29) is 9.90 Å². The number of aromatic nitrogens is 1. The van der Waals surface area contributed by atoms with Crippen molar-refractivity contribution in [3.05, 3.63) is 40.5 Å². The number of carbonyl (C=O) groups is 1. The van der Waals surface area contributed by atoms with E-state index in [1.54, 1.807) is 12.1 Å². The van der Waals surface area contributed by atoms with Crippen LogP contribution in [-0.4, -0.2) is 26.5 Å². The minimum atomic E-state index is -3.88. The average Bonchev–Trinajstić information content (AvgIpc) is 2.92. The van der Waals surface area contributed by atoms with Crippen molar-refractivity contribution < 1.29 is 17.9 Å². The predicted molar refractivity (Wildman–Crippen MR) is 80.2 cm³/mol. The number of nitrogens with zero attached hydrogens (tertiary/aromatic N) is 1. The summed E-state index contributed by atoms with van der Waals surface area (Å²) in [6.07, 6.45) is 0. The Labute approximate surface area is 126 Å². The second-order valence-electron chi connectivity index (χ2n) is 4.38. The Kier molecular flexibility index (Phi) is 4.29. The molecule has 0 saturated heterocycles. The number of sulfonamides is 1. The molecule has 1 aromatic heterocycles. The molecule has 1 heterocycles. The largest absolute Gasteiger partial charge is 0.464 e. The zero-order chi connectivity index (χ0) is 15.6. The molecule has 0 radical (unpaired) electrons. The normalized spacial score (nSPS) is 11.2. The highest BCUT2D eigenvalue weighted by molar-refractivity contribution is 7.94. The second-order valence-corrected chi connectivity index (χ2v) is 7.12. The van der Waals surface area contributed by atoms with Gasteiger partial charge in [-0.2, -0.15) is 0 Å². The third-order valence-corrected chi connectivity index (χ3v) is 5.67. The third kappa shape index (κ3) is 3.22. The number of ether oxygens (including phenoxy) is 1. The molecule has 0 saturated carbocycles. The van der Waals surface area contributed by atoms with Crippen LogP contribution in [0, 0.1) is 13.8 Å². The summed E-state index contributed by atoms with van der Waals surface area (Å²) in [7, 11) is -2.70. The first kappa shape index (κ1) is 15.5. The van der Waals surface area contributed by atoms with Crippen molar-refractivity contribution in [2.75, 3.05) is 11.8 Å². The molecule has 0 spiro atoms. The van der Waals surface area contributed by atoms with E-state index < -0.39 is 16.0 Å². The molecule has 21 heavy (non-hydrogen) atoms. The average molecular weight is 326 g/mol. The summed E-state index contributed by atoms with van der Waals surface area (Å²) in [5.41, 5.74) is 3.54. The van der Waals surface area contributed by atoms with Crippen LogP contribution in [0.15, 0.2) is 27.9 Å². The van der Waals surface area contributed by atoms with Crippen LogP contribution in [0.4, 0.5) is 5.69 Å². The van der Waals surface area contributed by atoms with E-state index in [9.17, 15) is 13.2 Å². The predicted octanol–water partition coefficient (Wildman–Crippen LogP) is 2.35. The van der Waals surface area contributed by atoms with Crippen LogP contribution in [0.3, 0.4) is 0 Å². The number of hydrogen-bond acceptors (Lipinski definition) is 6. The van der Waals surface area contributed by atoms with Gasteiger partial charge in [0.05, 0.1) is 12.6 Å². The van der Waals surface area contributed by atoms with Gasteiger partial charge in [0.15, 0.2) is 9.90 Å². The number of anilines is 1. The lowest BCUT2D eigenvalue weighted by molar-refractivity contribution is 0.0590. The molecule has 112 valence electrons. The van der Waals surface area contributed by atoms with Gasteiger partial charge in [-0.05, 0) is 37.1 Å². The van der Waals surface area contributed by atoms with Crippen LogP contribution in [0.2, 0.25) is 0 Å². The van der Waals surface area contributed by atoms with Gasteiger partial charge in [0.1, 0.15) is 0 Å². The van der Waals surface area contributed by atoms with E-state index in [1.165, 1.54) is 12.6 Å². The highest BCUT2D eigenvalue weighted by Crippen LogP contribution is 2.24. The Morgan fingerprint density at radius 2 is 2.00 bits per heavy atom. The molecule has 0 amide bonds. The SMILES string of the molecule is COC(=O)c1ncsc1S(=O)(=O)Nc1ccc(C)c(C)c1. The zero-order valence-corrected chi connectivity index (χ0v) is 13.3. The maximum atomic E-state index is 12.4. The van der Waals surface area contributed by atoms with Crippen LogP contribution in [0.5, 0.6) is 0 Å². The highest BCUT2D eigenvalue weighted by Gasteiger charge is 2.26. The van der Waals surface area contributed by atoms with Crippen molar-refractivity contribution in [1.29, 1.82) is 0 Å². The smallest absolute Gasteiger partial charge is 0.358 e. The van der Waals surface area contributed by atoms with Crippen LogP contribution >= 0.6 is 11.3 Å². The minimum Gasteiger partial charge on any atom is -0.464 e. The topological polar surface area (TPSA) is 85.4 Å². The summed E-state index contributed by atoms with van der Waals surface area (Å²) < 4.78 is 31.5. The maximum absolute atomic E-state index is 12.4. The van der Waals surface area contributed by atoms with Crippen molar-refractivity contribution >= 4 is 33.0 Å². The van der Waals surface area contributed by atoms with Gasteiger partial charge >= 0.3 is 5.97 Å². The monoisotopic (exact) mass is 326 g/mol. The molecule has 2 aromatic rings. The van der Waals surface area contributed by atoms with Crippen LogP contribution < -0.4 is 4.72 Å². The maximum Gasteiger partial charge on any atom is 0.358 e. The molecule has 1 N–H and O–H groups in total. The number of nitrogens with one attached hydrogen (secondary N) is 1. The fraction of sp³-hybridized carbons (Fsp3) is 0.231. The van der Waals surface area contributed by atoms with Gasteiger partial charge in [-0.1, -0.05) is 6.07 Å². The molecule has 0 fully saturated rings.